The van der Waals surface area contributed by atoms with Crippen molar-refractivity contribution in [3.05, 3.63) is 0 Å². The minimum Gasteiger partial charge on any atom is -0.342 e. The molecule has 16 heavy (non-hydrogen) atoms. The van der Waals surface area contributed by atoms with Crippen molar-refractivity contribution in [3.63, 3.8) is 0 Å². The molecule has 94 valence electrons. The molecule has 0 aromatic rings. The van der Waals surface area contributed by atoms with Crippen molar-refractivity contribution in [2.45, 2.75) is 32.6 Å². The lowest BCUT2D eigenvalue weighted by Crippen LogP contribution is -2.38. The molecule has 1 aliphatic carbocycles. The highest BCUT2D eigenvalue weighted by atomic mass is 35.5. The summed E-state index contributed by atoms with van der Waals surface area (Å²) in [5.74, 6) is 1.47. The van der Waals surface area contributed by atoms with Gasteiger partial charge in [0, 0.05) is 19.6 Å². The van der Waals surface area contributed by atoms with E-state index < -0.39 is 0 Å². The molecule has 1 saturated heterocycles. The van der Waals surface area contributed by atoms with Gasteiger partial charge in [0.25, 0.3) is 0 Å². The van der Waals surface area contributed by atoms with Crippen LogP contribution < -0.4 is 5.32 Å². The molecule has 3 nitrogen and oxygen atoms in total. The van der Waals surface area contributed by atoms with Gasteiger partial charge in [0.1, 0.15) is 0 Å². The van der Waals surface area contributed by atoms with Gasteiger partial charge >= 0.3 is 0 Å². The molecular formula is C12H23ClN2O. The lowest BCUT2D eigenvalue weighted by molar-refractivity contribution is -0.135. The molecule has 1 N–H and O–H groups in total. The van der Waals surface area contributed by atoms with E-state index in [1.807, 2.05) is 0 Å². The van der Waals surface area contributed by atoms with E-state index in [9.17, 15) is 4.79 Å². The molecule has 1 aliphatic heterocycles. The van der Waals surface area contributed by atoms with Gasteiger partial charge in [0.05, 0.1) is 5.92 Å². The molecule has 4 heteroatoms. The Labute approximate surface area is 104 Å². The minimum atomic E-state index is 0. The van der Waals surface area contributed by atoms with E-state index in [1.54, 1.807) is 0 Å². The standard InChI is InChI=1S/C12H22N2O.ClH/c1-2-7-14(9-10-3-4-10)12(15)11-5-6-13-8-11;/h10-11,13H,2-9H2,1H3;1H/t11-;/m0./s1. The van der Waals surface area contributed by atoms with Crippen molar-refractivity contribution < 1.29 is 4.79 Å². The first-order chi connectivity index (χ1) is 7.31. The largest absolute Gasteiger partial charge is 0.342 e. The number of hydrogen-bond donors (Lipinski definition) is 1. The summed E-state index contributed by atoms with van der Waals surface area (Å²) >= 11 is 0. The van der Waals surface area contributed by atoms with Crippen molar-refractivity contribution in [1.29, 1.82) is 0 Å². The zero-order valence-corrected chi connectivity index (χ0v) is 10.9. The predicted octanol–water partition coefficient (Wildman–Crippen LogP) is 1.67. The third-order valence-electron chi connectivity index (χ3n) is 3.39. The van der Waals surface area contributed by atoms with Crippen LogP contribution in [0, 0.1) is 11.8 Å². The predicted molar refractivity (Wildman–Crippen MR) is 67.8 cm³/mol. The second kappa shape index (κ2) is 6.45. The van der Waals surface area contributed by atoms with E-state index in [0.717, 1.165) is 44.9 Å². The van der Waals surface area contributed by atoms with Crippen molar-refractivity contribution >= 4 is 18.3 Å². The van der Waals surface area contributed by atoms with Gasteiger partial charge in [-0.1, -0.05) is 6.92 Å². The van der Waals surface area contributed by atoms with Crippen LogP contribution in [0.4, 0.5) is 0 Å². The van der Waals surface area contributed by atoms with Crippen LogP contribution in [0.5, 0.6) is 0 Å². The molecule has 0 spiro atoms. The molecule has 2 fully saturated rings. The van der Waals surface area contributed by atoms with Crippen LogP contribution in [0.25, 0.3) is 0 Å². The van der Waals surface area contributed by atoms with Crippen LogP contribution in [0.15, 0.2) is 0 Å². The Bertz CT molecular complexity index is 225. The fourth-order valence-corrected chi connectivity index (χ4v) is 2.30. The van der Waals surface area contributed by atoms with Crippen LogP contribution in [-0.4, -0.2) is 37.0 Å². The van der Waals surface area contributed by atoms with E-state index in [-0.39, 0.29) is 18.3 Å². The monoisotopic (exact) mass is 246 g/mol. The second-order valence-corrected chi connectivity index (χ2v) is 4.92. The summed E-state index contributed by atoms with van der Waals surface area (Å²) in [5, 5.41) is 3.27. The van der Waals surface area contributed by atoms with Crippen LogP contribution >= 0.6 is 12.4 Å². The molecule has 2 aliphatic rings. The van der Waals surface area contributed by atoms with Gasteiger partial charge in [0.2, 0.25) is 5.91 Å². The quantitative estimate of drug-likeness (QED) is 0.801. The van der Waals surface area contributed by atoms with Crippen LogP contribution in [-0.2, 0) is 4.79 Å². The van der Waals surface area contributed by atoms with Gasteiger partial charge in [-0.3, -0.25) is 4.79 Å². The second-order valence-electron chi connectivity index (χ2n) is 4.92. The smallest absolute Gasteiger partial charge is 0.227 e. The van der Waals surface area contributed by atoms with Crippen molar-refractivity contribution in [1.82, 2.24) is 10.2 Å². The van der Waals surface area contributed by atoms with Crippen molar-refractivity contribution in [3.8, 4) is 0 Å². The SMILES string of the molecule is CCCN(CC1CC1)C(=O)[C@H]1CCNC1.Cl. The van der Waals surface area contributed by atoms with E-state index in [4.69, 9.17) is 0 Å². The molecule has 0 radical (unpaired) electrons. The third-order valence-corrected chi connectivity index (χ3v) is 3.39. The molecule has 1 saturated carbocycles. The average molecular weight is 247 g/mol. The summed E-state index contributed by atoms with van der Waals surface area (Å²) in [4.78, 5) is 14.3. The Morgan fingerprint density at radius 2 is 2.12 bits per heavy atom. The van der Waals surface area contributed by atoms with E-state index >= 15 is 0 Å². The summed E-state index contributed by atoms with van der Waals surface area (Å²) in [6.07, 6.45) is 4.77. The van der Waals surface area contributed by atoms with Crippen molar-refractivity contribution in [2.24, 2.45) is 11.8 Å². The summed E-state index contributed by atoms with van der Waals surface area (Å²) in [6.45, 7) is 6.03. The third kappa shape index (κ3) is 3.63. The number of hydrogen-bond acceptors (Lipinski definition) is 2. The minimum absolute atomic E-state index is 0. The Morgan fingerprint density at radius 3 is 2.62 bits per heavy atom. The number of nitrogens with one attached hydrogen (secondary N) is 1. The maximum Gasteiger partial charge on any atom is 0.227 e. The van der Waals surface area contributed by atoms with Crippen molar-refractivity contribution in [2.75, 3.05) is 26.2 Å². The molecule has 1 amide bonds. The van der Waals surface area contributed by atoms with Gasteiger partial charge in [-0.25, -0.2) is 0 Å². The highest BCUT2D eigenvalue weighted by molar-refractivity contribution is 5.85. The summed E-state index contributed by atoms with van der Waals surface area (Å²) < 4.78 is 0. The first-order valence-electron chi connectivity index (χ1n) is 6.30. The lowest BCUT2D eigenvalue weighted by Gasteiger charge is -2.24. The molecular weight excluding hydrogens is 224 g/mol. The number of rotatable bonds is 5. The average Bonchev–Trinajstić information content (AvgIpc) is 2.88. The fourth-order valence-electron chi connectivity index (χ4n) is 2.30. The Hall–Kier alpha value is -0.280. The van der Waals surface area contributed by atoms with E-state index in [1.165, 1.54) is 12.8 Å². The lowest BCUT2D eigenvalue weighted by atomic mass is 10.1. The van der Waals surface area contributed by atoms with Gasteiger partial charge < -0.3 is 10.2 Å². The Morgan fingerprint density at radius 1 is 1.38 bits per heavy atom. The normalized spacial score (nSPS) is 23.9. The maximum atomic E-state index is 12.2. The Kier molecular flexibility index (Phi) is 5.56. The molecule has 0 bridgehead atoms. The first kappa shape index (κ1) is 13.8. The topological polar surface area (TPSA) is 32.3 Å². The Balaban J connectivity index is 0.00000128. The number of carbonyl (C=O) groups is 1. The van der Waals surface area contributed by atoms with Gasteiger partial charge in [-0.15, -0.1) is 12.4 Å². The number of nitrogens with zero attached hydrogens (tertiary/aromatic N) is 1. The molecule has 1 heterocycles. The van der Waals surface area contributed by atoms with Crippen LogP contribution in [0.1, 0.15) is 32.6 Å². The summed E-state index contributed by atoms with van der Waals surface area (Å²) in [7, 11) is 0. The van der Waals surface area contributed by atoms with Gasteiger partial charge in [0.15, 0.2) is 0 Å². The van der Waals surface area contributed by atoms with Crippen LogP contribution in [0.2, 0.25) is 0 Å². The first-order valence-corrected chi connectivity index (χ1v) is 6.30. The number of amides is 1. The van der Waals surface area contributed by atoms with E-state index in [2.05, 4.69) is 17.1 Å². The fraction of sp³-hybridized carbons (Fsp3) is 0.917. The highest BCUT2D eigenvalue weighted by Gasteiger charge is 2.31. The zero-order chi connectivity index (χ0) is 10.7. The number of halogens is 1. The molecule has 0 aromatic heterocycles. The van der Waals surface area contributed by atoms with E-state index in [0.29, 0.717) is 5.91 Å². The summed E-state index contributed by atoms with van der Waals surface area (Å²) in [6, 6.07) is 0. The molecule has 0 unspecified atom stereocenters. The molecule has 1 atom stereocenters. The van der Waals surface area contributed by atoms with Crippen LogP contribution in [0.3, 0.4) is 0 Å². The zero-order valence-electron chi connectivity index (χ0n) is 10.1. The van der Waals surface area contributed by atoms with Gasteiger partial charge in [-0.05, 0) is 38.1 Å². The summed E-state index contributed by atoms with van der Waals surface area (Å²) in [5.41, 5.74) is 0. The molecule has 0 aromatic carbocycles. The maximum absolute atomic E-state index is 12.2. The number of carbonyl (C=O) groups excluding carboxylic acids is 1. The van der Waals surface area contributed by atoms with Gasteiger partial charge in [-0.2, -0.15) is 0 Å². The molecule has 2 rings (SSSR count). The highest BCUT2D eigenvalue weighted by Crippen LogP contribution is 2.30.